The number of halogens is 1. The highest BCUT2D eigenvalue weighted by Crippen LogP contribution is 2.23. The Morgan fingerprint density at radius 2 is 2.14 bits per heavy atom. The van der Waals surface area contributed by atoms with Crippen LogP contribution in [0.3, 0.4) is 0 Å². The monoisotopic (exact) mass is 289 g/mol. The van der Waals surface area contributed by atoms with Gasteiger partial charge in [-0.3, -0.25) is 4.57 Å². The molecule has 0 spiro atoms. The standard InChI is InChI=1S/C16H16FNO3/c1-16(2,3)21-15(20)18-10-11(5-4-8-19)13-7-6-12(17)9-14(13)18/h6-7,9-10,19H,8H2,1-3H3. The molecule has 1 N–H and O–H groups in total. The van der Waals surface area contributed by atoms with E-state index in [0.717, 1.165) is 0 Å². The van der Waals surface area contributed by atoms with Crippen molar-refractivity contribution in [1.82, 2.24) is 4.57 Å². The van der Waals surface area contributed by atoms with Crippen LogP contribution in [0.5, 0.6) is 0 Å². The summed E-state index contributed by atoms with van der Waals surface area (Å²) in [4.78, 5) is 12.2. The van der Waals surface area contributed by atoms with E-state index in [9.17, 15) is 9.18 Å². The van der Waals surface area contributed by atoms with E-state index in [1.807, 2.05) is 0 Å². The number of rotatable bonds is 0. The minimum atomic E-state index is -0.655. The van der Waals surface area contributed by atoms with Gasteiger partial charge < -0.3 is 9.84 Å². The van der Waals surface area contributed by atoms with Crippen molar-refractivity contribution in [3.8, 4) is 11.8 Å². The fraction of sp³-hybridized carbons (Fsp3) is 0.312. The van der Waals surface area contributed by atoms with Crippen LogP contribution in [0.4, 0.5) is 9.18 Å². The molecular weight excluding hydrogens is 273 g/mol. The number of carbonyl (C=O) groups excluding carboxylic acids is 1. The molecule has 110 valence electrons. The third-order valence-corrected chi connectivity index (χ3v) is 2.66. The number of aliphatic hydroxyl groups is 1. The van der Waals surface area contributed by atoms with Crippen LogP contribution in [0, 0.1) is 17.7 Å². The first-order chi connectivity index (χ1) is 9.81. The summed E-state index contributed by atoms with van der Waals surface area (Å²) in [6.07, 6.45) is 0.885. The summed E-state index contributed by atoms with van der Waals surface area (Å²) in [5.41, 5.74) is 0.259. The highest BCUT2D eigenvalue weighted by Gasteiger charge is 2.20. The summed E-state index contributed by atoms with van der Waals surface area (Å²) >= 11 is 0. The lowest BCUT2D eigenvalue weighted by Crippen LogP contribution is -2.26. The van der Waals surface area contributed by atoms with Crippen LogP contribution in [0.15, 0.2) is 24.4 Å². The number of hydrogen-bond acceptors (Lipinski definition) is 3. The summed E-state index contributed by atoms with van der Waals surface area (Å²) in [6.45, 7) is 4.97. The molecule has 0 radical (unpaired) electrons. The van der Waals surface area contributed by atoms with Crippen molar-refractivity contribution in [3.05, 3.63) is 35.8 Å². The van der Waals surface area contributed by atoms with Gasteiger partial charge in [0.15, 0.2) is 0 Å². The van der Waals surface area contributed by atoms with E-state index < -0.39 is 17.5 Å². The number of fused-ring (bicyclic) bond motifs is 1. The van der Waals surface area contributed by atoms with Crippen LogP contribution >= 0.6 is 0 Å². The largest absolute Gasteiger partial charge is 0.443 e. The van der Waals surface area contributed by atoms with Crippen molar-refractivity contribution < 1.29 is 19.0 Å². The zero-order valence-electron chi connectivity index (χ0n) is 12.1. The molecule has 0 unspecified atom stereocenters. The second-order valence-electron chi connectivity index (χ2n) is 5.51. The maximum Gasteiger partial charge on any atom is 0.419 e. The summed E-state index contributed by atoms with van der Waals surface area (Å²) < 4.78 is 20.0. The summed E-state index contributed by atoms with van der Waals surface area (Å²) in [5.74, 6) is 4.81. The molecule has 0 aliphatic carbocycles. The lowest BCUT2D eigenvalue weighted by molar-refractivity contribution is 0.0544. The molecule has 2 rings (SSSR count). The highest BCUT2D eigenvalue weighted by molar-refractivity contribution is 5.93. The van der Waals surface area contributed by atoms with Gasteiger partial charge >= 0.3 is 6.09 Å². The summed E-state index contributed by atoms with van der Waals surface area (Å²) in [6, 6.07) is 4.10. The van der Waals surface area contributed by atoms with Crippen molar-refractivity contribution in [1.29, 1.82) is 0 Å². The number of benzene rings is 1. The Labute approximate surface area is 122 Å². The molecular formula is C16H16FNO3. The Balaban J connectivity index is 2.57. The maximum atomic E-state index is 13.4. The molecule has 0 saturated carbocycles. The van der Waals surface area contributed by atoms with Crippen LogP contribution in [-0.2, 0) is 4.74 Å². The zero-order chi connectivity index (χ0) is 15.6. The van der Waals surface area contributed by atoms with Crippen molar-refractivity contribution in [3.63, 3.8) is 0 Å². The second-order valence-corrected chi connectivity index (χ2v) is 5.51. The van der Waals surface area contributed by atoms with E-state index in [4.69, 9.17) is 9.84 Å². The van der Waals surface area contributed by atoms with Crippen molar-refractivity contribution >= 4 is 17.0 Å². The third-order valence-electron chi connectivity index (χ3n) is 2.66. The number of ether oxygens (including phenoxy) is 1. The van der Waals surface area contributed by atoms with E-state index in [1.165, 1.54) is 22.9 Å². The van der Waals surface area contributed by atoms with Gasteiger partial charge in [0.25, 0.3) is 0 Å². The smallest absolute Gasteiger partial charge is 0.419 e. The molecule has 0 aliphatic rings. The van der Waals surface area contributed by atoms with Crippen molar-refractivity contribution in [2.75, 3.05) is 6.61 Å². The number of hydrogen-bond donors (Lipinski definition) is 1. The van der Waals surface area contributed by atoms with Crippen LogP contribution in [0.1, 0.15) is 26.3 Å². The van der Waals surface area contributed by atoms with Gasteiger partial charge in [-0.1, -0.05) is 11.8 Å². The van der Waals surface area contributed by atoms with Crippen LogP contribution in [0.2, 0.25) is 0 Å². The number of aromatic nitrogens is 1. The summed E-state index contributed by atoms with van der Waals surface area (Å²) in [5, 5.41) is 9.41. The Hall–Kier alpha value is -2.32. The van der Waals surface area contributed by atoms with E-state index in [0.29, 0.717) is 16.5 Å². The second kappa shape index (κ2) is 5.58. The molecule has 0 atom stereocenters. The molecule has 21 heavy (non-hydrogen) atoms. The molecule has 0 aliphatic heterocycles. The Morgan fingerprint density at radius 3 is 2.76 bits per heavy atom. The predicted molar refractivity (Wildman–Crippen MR) is 77.5 cm³/mol. The molecule has 2 aromatic rings. The maximum absolute atomic E-state index is 13.4. The third kappa shape index (κ3) is 3.41. The van der Waals surface area contributed by atoms with E-state index in [2.05, 4.69) is 11.8 Å². The first-order valence-corrected chi connectivity index (χ1v) is 6.45. The minimum absolute atomic E-state index is 0.291. The SMILES string of the molecule is CC(C)(C)OC(=O)n1cc(C#CCO)c2ccc(F)cc21. The predicted octanol–water partition coefficient (Wildman–Crippen LogP) is 2.91. The first-order valence-electron chi connectivity index (χ1n) is 6.45. The molecule has 1 heterocycles. The topological polar surface area (TPSA) is 51.5 Å². The van der Waals surface area contributed by atoms with E-state index >= 15 is 0 Å². The number of aliphatic hydroxyl groups excluding tert-OH is 1. The van der Waals surface area contributed by atoms with Crippen LogP contribution < -0.4 is 0 Å². The van der Waals surface area contributed by atoms with Gasteiger partial charge in [-0.25, -0.2) is 9.18 Å². The minimum Gasteiger partial charge on any atom is -0.443 e. The molecule has 5 heteroatoms. The van der Waals surface area contributed by atoms with E-state index in [-0.39, 0.29) is 6.61 Å². The molecule has 4 nitrogen and oxygen atoms in total. The van der Waals surface area contributed by atoms with Gasteiger partial charge in [0.1, 0.15) is 18.0 Å². The fourth-order valence-corrected chi connectivity index (χ4v) is 1.90. The summed E-state index contributed by atoms with van der Waals surface area (Å²) in [7, 11) is 0. The van der Waals surface area contributed by atoms with Gasteiger partial charge in [-0.15, -0.1) is 0 Å². The number of carbonyl (C=O) groups is 1. The van der Waals surface area contributed by atoms with Crippen molar-refractivity contribution in [2.24, 2.45) is 0 Å². The molecule has 0 amide bonds. The zero-order valence-corrected chi connectivity index (χ0v) is 12.1. The van der Waals surface area contributed by atoms with E-state index in [1.54, 1.807) is 26.8 Å². The van der Waals surface area contributed by atoms with Gasteiger partial charge in [-0.2, -0.15) is 0 Å². The number of nitrogens with zero attached hydrogens (tertiary/aromatic N) is 1. The first kappa shape index (κ1) is 15.1. The molecule has 0 fully saturated rings. The molecule has 1 aromatic carbocycles. The fourth-order valence-electron chi connectivity index (χ4n) is 1.90. The Bertz CT molecular complexity index is 744. The Kier molecular flexibility index (Phi) is 4.01. The average Bonchev–Trinajstić information content (AvgIpc) is 2.72. The van der Waals surface area contributed by atoms with Crippen molar-refractivity contribution in [2.45, 2.75) is 26.4 Å². The quantitative estimate of drug-likeness (QED) is 0.759. The molecule has 0 saturated heterocycles. The van der Waals surface area contributed by atoms with Crippen LogP contribution in [0.25, 0.3) is 10.9 Å². The lowest BCUT2D eigenvalue weighted by Gasteiger charge is -2.19. The highest BCUT2D eigenvalue weighted by atomic mass is 19.1. The van der Waals surface area contributed by atoms with Gasteiger partial charge in [-0.05, 0) is 39.0 Å². The Morgan fingerprint density at radius 1 is 1.43 bits per heavy atom. The van der Waals surface area contributed by atoms with Crippen LogP contribution in [-0.4, -0.2) is 28.0 Å². The molecule has 1 aromatic heterocycles. The van der Waals surface area contributed by atoms with Gasteiger partial charge in [0.2, 0.25) is 0 Å². The van der Waals surface area contributed by atoms with Gasteiger partial charge in [0.05, 0.1) is 11.1 Å². The normalized spacial score (nSPS) is 11.1. The average molecular weight is 289 g/mol. The van der Waals surface area contributed by atoms with Gasteiger partial charge in [0, 0.05) is 11.6 Å². The lowest BCUT2D eigenvalue weighted by atomic mass is 10.2. The molecule has 0 bridgehead atoms.